The normalized spacial score (nSPS) is 10.4. The molecular weight excluding hydrogens is 331 g/mol. The van der Waals surface area contributed by atoms with E-state index in [4.69, 9.17) is 5.73 Å². The summed E-state index contributed by atoms with van der Waals surface area (Å²) in [7, 11) is 0. The standard InChI is InChI=1S/C20H19FN4O/c1-12-7-14(21)9-15(8-12)25-20-17(19(22)26)10-16(11-23-20)24-18-6-4-3-5-13(18)2/h3-11,24H,1-2H3,(H2,22,26)(H,23,25). The van der Waals surface area contributed by atoms with E-state index in [1.54, 1.807) is 25.3 Å². The molecule has 0 atom stereocenters. The number of pyridine rings is 1. The molecule has 6 heteroatoms. The van der Waals surface area contributed by atoms with E-state index in [-0.39, 0.29) is 17.2 Å². The number of nitrogens with zero attached hydrogens (tertiary/aromatic N) is 1. The van der Waals surface area contributed by atoms with Crippen LogP contribution in [0.5, 0.6) is 0 Å². The molecule has 5 nitrogen and oxygen atoms in total. The zero-order chi connectivity index (χ0) is 18.7. The highest BCUT2D eigenvalue weighted by molar-refractivity contribution is 5.99. The van der Waals surface area contributed by atoms with Crippen molar-refractivity contribution in [2.75, 3.05) is 10.6 Å². The molecule has 4 N–H and O–H groups in total. The second-order valence-electron chi connectivity index (χ2n) is 6.07. The van der Waals surface area contributed by atoms with Crippen LogP contribution in [-0.2, 0) is 0 Å². The molecular formula is C20H19FN4O. The van der Waals surface area contributed by atoms with Crippen LogP contribution in [0.15, 0.2) is 54.7 Å². The monoisotopic (exact) mass is 350 g/mol. The largest absolute Gasteiger partial charge is 0.365 e. The molecule has 0 fully saturated rings. The Kier molecular flexibility index (Phi) is 4.84. The molecule has 1 heterocycles. The molecule has 0 unspecified atom stereocenters. The first-order valence-corrected chi connectivity index (χ1v) is 8.09. The summed E-state index contributed by atoms with van der Waals surface area (Å²) in [6, 6.07) is 13.9. The van der Waals surface area contributed by atoms with Crippen molar-refractivity contribution in [1.82, 2.24) is 4.98 Å². The first-order valence-electron chi connectivity index (χ1n) is 8.09. The minimum absolute atomic E-state index is 0.213. The zero-order valence-electron chi connectivity index (χ0n) is 14.5. The van der Waals surface area contributed by atoms with Gasteiger partial charge in [0.15, 0.2) is 0 Å². The van der Waals surface area contributed by atoms with Crippen LogP contribution in [0, 0.1) is 19.7 Å². The van der Waals surface area contributed by atoms with Crippen LogP contribution in [0.3, 0.4) is 0 Å². The lowest BCUT2D eigenvalue weighted by atomic mass is 10.1. The highest BCUT2D eigenvalue weighted by Crippen LogP contribution is 2.25. The van der Waals surface area contributed by atoms with Crippen LogP contribution in [-0.4, -0.2) is 10.9 Å². The van der Waals surface area contributed by atoms with Gasteiger partial charge < -0.3 is 16.4 Å². The summed E-state index contributed by atoms with van der Waals surface area (Å²) in [6.45, 7) is 3.76. The molecule has 132 valence electrons. The molecule has 26 heavy (non-hydrogen) atoms. The Morgan fingerprint density at radius 1 is 1.04 bits per heavy atom. The quantitative estimate of drug-likeness (QED) is 0.636. The third kappa shape index (κ3) is 3.97. The maximum Gasteiger partial charge on any atom is 0.252 e. The van der Waals surface area contributed by atoms with Crippen LogP contribution in [0.1, 0.15) is 21.5 Å². The Balaban J connectivity index is 1.92. The summed E-state index contributed by atoms with van der Waals surface area (Å²) < 4.78 is 13.6. The highest BCUT2D eigenvalue weighted by Gasteiger charge is 2.12. The average molecular weight is 350 g/mol. The number of hydrogen-bond acceptors (Lipinski definition) is 4. The number of carbonyl (C=O) groups is 1. The second kappa shape index (κ2) is 7.23. The number of benzene rings is 2. The number of hydrogen-bond donors (Lipinski definition) is 3. The first kappa shape index (κ1) is 17.4. The number of amides is 1. The molecule has 0 aliphatic rings. The number of halogens is 1. The molecule has 0 aliphatic carbocycles. The SMILES string of the molecule is Cc1cc(F)cc(Nc2ncc(Nc3ccccc3C)cc2C(N)=O)c1. The number of primary amides is 1. The lowest BCUT2D eigenvalue weighted by Crippen LogP contribution is -2.15. The minimum Gasteiger partial charge on any atom is -0.365 e. The van der Waals surface area contributed by atoms with Gasteiger partial charge in [0.1, 0.15) is 11.6 Å². The minimum atomic E-state index is -0.624. The Bertz CT molecular complexity index is 952. The van der Waals surface area contributed by atoms with Gasteiger partial charge in [-0.15, -0.1) is 0 Å². The van der Waals surface area contributed by atoms with Gasteiger partial charge in [0.25, 0.3) is 5.91 Å². The fourth-order valence-electron chi connectivity index (χ4n) is 2.63. The van der Waals surface area contributed by atoms with Gasteiger partial charge in [-0.25, -0.2) is 9.37 Å². The molecule has 0 radical (unpaired) electrons. The van der Waals surface area contributed by atoms with Gasteiger partial charge in [0.2, 0.25) is 0 Å². The molecule has 0 bridgehead atoms. The number of rotatable bonds is 5. The maximum atomic E-state index is 13.6. The summed E-state index contributed by atoms with van der Waals surface area (Å²) >= 11 is 0. The van der Waals surface area contributed by atoms with Crippen LogP contribution in [0.25, 0.3) is 0 Å². The topological polar surface area (TPSA) is 80.0 Å². The average Bonchev–Trinajstić information content (AvgIpc) is 2.57. The van der Waals surface area contributed by atoms with Gasteiger partial charge in [-0.2, -0.15) is 0 Å². The van der Waals surface area contributed by atoms with Gasteiger partial charge in [-0.1, -0.05) is 18.2 Å². The van der Waals surface area contributed by atoms with Gasteiger partial charge in [-0.3, -0.25) is 4.79 Å². The van der Waals surface area contributed by atoms with Crippen molar-refractivity contribution in [3.63, 3.8) is 0 Å². The number of aromatic nitrogens is 1. The lowest BCUT2D eigenvalue weighted by molar-refractivity contribution is 0.100. The fourth-order valence-corrected chi connectivity index (χ4v) is 2.63. The molecule has 3 aromatic rings. The lowest BCUT2D eigenvalue weighted by Gasteiger charge is -2.13. The predicted octanol–water partition coefficient (Wildman–Crippen LogP) is 4.42. The van der Waals surface area contributed by atoms with Crippen molar-refractivity contribution in [3.8, 4) is 0 Å². The Hall–Kier alpha value is -3.41. The van der Waals surface area contributed by atoms with E-state index in [9.17, 15) is 9.18 Å². The fraction of sp³-hybridized carbons (Fsp3) is 0.100. The van der Waals surface area contributed by atoms with E-state index in [0.29, 0.717) is 11.4 Å². The smallest absolute Gasteiger partial charge is 0.252 e. The van der Waals surface area contributed by atoms with Gasteiger partial charge in [-0.05, 0) is 55.3 Å². The van der Waals surface area contributed by atoms with Crippen LogP contribution >= 0.6 is 0 Å². The highest BCUT2D eigenvalue weighted by atomic mass is 19.1. The number of para-hydroxylation sites is 1. The molecule has 0 saturated carbocycles. The molecule has 0 spiro atoms. The van der Waals surface area contributed by atoms with Crippen molar-refractivity contribution in [3.05, 3.63) is 77.2 Å². The summed E-state index contributed by atoms with van der Waals surface area (Å²) in [5.41, 5.74) is 9.57. The van der Waals surface area contributed by atoms with E-state index >= 15 is 0 Å². The molecule has 0 saturated heterocycles. The Morgan fingerprint density at radius 2 is 1.81 bits per heavy atom. The maximum absolute atomic E-state index is 13.6. The number of carbonyl (C=O) groups excluding carboxylic acids is 1. The van der Waals surface area contributed by atoms with Crippen LogP contribution < -0.4 is 16.4 Å². The first-order chi connectivity index (χ1) is 12.4. The van der Waals surface area contributed by atoms with Crippen molar-refractivity contribution in [1.29, 1.82) is 0 Å². The number of anilines is 4. The van der Waals surface area contributed by atoms with E-state index < -0.39 is 5.91 Å². The van der Waals surface area contributed by atoms with Crippen molar-refractivity contribution in [2.45, 2.75) is 13.8 Å². The molecule has 1 amide bonds. The number of nitrogens with two attached hydrogens (primary N) is 1. The number of aryl methyl sites for hydroxylation is 2. The Labute approximate surface area is 151 Å². The predicted molar refractivity (Wildman–Crippen MR) is 102 cm³/mol. The van der Waals surface area contributed by atoms with Crippen molar-refractivity contribution < 1.29 is 9.18 Å². The van der Waals surface area contributed by atoms with E-state index in [0.717, 1.165) is 16.8 Å². The van der Waals surface area contributed by atoms with Crippen LogP contribution in [0.4, 0.5) is 27.3 Å². The Morgan fingerprint density at radius 3 is 2.50 bits per heavy atom. The third-order valence-electron chi connectivity index (χ3n) is 3.88. The summed E-state index contributed by atoms with van der Waals surface area (Å²) in [5.74, 6) is -0.717. The van der Waals surface area contributed by atoms with Gasteiger partial charge >= 0.3 is 0 Å². The summed E-state index contributed by atoms with van der Waals surface area (Å²) in [5, 5.41) is 6.18. The zero-order valence-corrected chi connectivity index (χ0v) is 14.5. The second-order valence-corrected chi connectivity index (χ2v) is 6.07. The van der Waals surface area contributed by atoms with Gasteiger partial charge in [0.05, 0.1) is 17.4 Å². The summed E-state index contributed by atoms with van der Waals surface area (Å²) in [6.07, 6.45) is 1.59. The molecule has 0 aliphatic heterocycles. The van der Waals surface area contributed by atoms with Crippen molar-refractivity contribution >= 4 is 28.8 Å². The van der Waals surface area contributed by atoms with Crippen molar-refractivity contribution in [2.24, 2.45) is 5.73 Å². The molecule has 1 aromatic heterocycles. The van der Waals surface area contributed by atoms with Gasteiger partial charge in [0, 0.05) is 11.4 Å². The van der Waals surface area contributed by atoms with E-state index in [2.05, 4.69) is 15.6 Å². The summed E-state index contributed by atoms with van der Waals surface area (Å²) in [4.78, 5) is 16.1. The number of nitrogens with one attached hydrogen (secondary N) is 2. The molecule has 3 rings (SSSR count). The third-order valence-corrected chi connectivity index (χ3v) is 3.88. The van der Waals surface area contributed by atoms with E-state index in [1.807, 2.05) is 31.2 Å². The van der Waals surface area contributed by atoms with E-state index in [1.165, 1.54) is 12.1 Å². The van der Waals surface area contributed by atoms with Crippen LogP contribution in [0.2, 0.25) is 0 Å². The molecule has 2 aromatic carbocycles.